The highest BCUT2D eigenvalue weighted by Gasteiger charge is 2.26. The Morgan fingerprint density at radius 1 is 1.24 bits per heavy atom. The first-order chi connectivity index (χ1) is 10.1. The van der Waals surface area contributed by atoms with Crippen LogP contribution in [0.25, 0.3) is 0 Å². The number of hydrogen-bond donors (Lipinski definition) is 2. The van der Waals surface area contributed by atoms with Gasteiger partial charge in [0.1, 0.15) is 0 Å². The minimum atomic E-state index is -0.262. The van der Waals surface area contributed by atoms with Crippen molar-refractivity contribution in [1.29, 1.82) is 0 Å². The van der Waals surface area contributed by atoms with Crippen molar-refractivity contribution >= 4 is 11.6 Å². The van der Waals surface area contributed by atoms with Crippen LogP contribution in [-0.4, -0.2) is 23.4 Å². The number of carbonyl (C=O) groups excluding carboxylic acids is 1. The number of hydrogen-bond acceptors (Lipinski definition) is 3. The minimum Gasteiger partial charge on any atom is -0.398 e. The molecule has 0 radical (unpaired) electrons. The van der Waals surface area contributed by atoms with Crippen molar-refractivity contribution in [3.8, 4) is 0 Å². The molecule has 0 aliphatic heterocycles. The molecule has 4 nitrogen and oxygen atoms in total. The molecule has 0 unspecified atom stereocenters. The summed E-state index contributed by atoms with van der Waals surface area (Å²) in [5.41, 5.74) is 13.3. The van der Waals surface area contributed by atoms with Crippen molar-refractivity contribution in [3.05, 3.63) is 29.8 Å². The molecule has 1 aromatic carbocycles. The van der Waals surface area contributed by atoms with E-state index in [-0.39, 0.29) is 5.91 Å². The van der Waals surface area contributed by atoms with Gasteiger partial charge in [0.2, 0.25) is 5.91 Å². The van der Waals surface area contributed by atoms with Gasteiger partial charge in [-0.2, -0.15) is 0 Å². The molecule has 21 heavy (non-hydrogen) atoms. The average molecular weight is 289 g/mol. The molecule has 0 saturated heterocycles. The molecule has 1 aliphatic rings. The van der Waals surface area contributed by atoms with E-state index >= 15 is 0 Å². The zero-order chi connectivity index (χ0) is 15.2. The van der Waals surface area contributed by atoms with Gasteiger partial charge in [-0.05, 0) is 43.2 Å². The van der Waals surface area contributed by atoms with Crippen LogP contribution in [-0.2, 0) is 11.3 Å². The summed E-state index contributed by atoms with van der Waals surface area (Å²) in [6, 6.07) is 8.30. The fraction of sp³-hybridized carbons (Fsp3) is 0.588. The first kappa shape index (κ1) is 15.8. The topological polar surface area (TPSA) is 72.3 Å². The maximum Gasteiger partial charge on any atom is 0.231 e. The van der Waals surface area contributed by atoms with Crippen LogP contribution in [0, 0.1) is 5.92 Å². The van der Waals surface area contributed by atoms with Crippen LogP contribution < -0.4 is 11.5 Å². The summed E-state index contributed by atoms with van der Waals surface area (Å²) in [6.07, 6.45) is 6.06. The van der Waals surface area contributed by atoms with Crippen molar-refractivity contribution in [2.75, 3.05) is 12.3 Å². The molecule has 1 fully saturated rings. The second-order valence-electron chi connectivity index (χ2n) is 6.15. The summed E-state index contributed by atoms with van der Waals surface area (Å²) in [4.78, 5) is 13.6. The van der Waals surface area contributed by atoms with Crippen LogP contribution >= 0.6 is 0 Å². The maximum atomic E-state index is 11.4. The lowest BCUT2D eigenvalue weighted by Gasteiger charge is -2.36. The van der Waals surface area contributed by atoms with E-state index in [1.807, 2.05) is 24.3 Å². The number of anilines is 1. The zero-order valence-electron chi connectivity index (χ0n) is 12.9. The first-order valence-corrected chi connectivity index (χ1v) is 7.95. The molecular formula is C17H27N3O. The molecular weight excluding hydrogens is 262 g/mol. The quantitative estimate of drug-likeness (QED) is 0.790. The van der Waals surface area contributed by atoms with E-state index in [9.17, 15) is 4.79 Å². The highest BCUT2D eigenvalue weighted by Crippen LogP contribution is 2.30. The Morgan fingerprint density at radius 2 is 1.90 bits per heavy atom. The number of nitrogens with zero attached hydrogens (tertiary/aromatic N) is 1. The third-order valence-electron chi connectivity index (χ3n) is 4.70. The molecule has 0 spiro atoms. The summed E-state index contributed by atoms with van der Waals surface area (Å²) in [7, 11) is 0. The summed E-state index contributed by atoms with van der Waals surface area (Å²) in [5, 5.41) is 0. The van der Waals surface area contributed by atoms with Crippen LogP contribution in [0.1, 0.15) is 44.6 Å². The Bertz CT molecular complexity index is 467. The molecule has 0 aromatic heterocycles. The van der Waals surface area contributed by atoms with Crippen LogP contribution in [0.2, 0.25) is 0 Å². The van der Waals surface area contributed by atoms with Crippen LogP contribution in [0.15, 0.2) is 24.3 Å². The molecule has 1 amide bonds. The number of nitrogens with two attached hydrogens (primary N) is 2. The molecule has 1 aromatic rings. The van der Waals surface area contributed by atoms with Gasteiger partial charge in [0.05, 0.1) is 6.54 Å². The molecule has 1 saturated carbocycles. The number of benzene rings is 1. The van der Waals surface area contributed by atoms with E-state index in [2.05, 4.69) is 11.8 Å². The predicted molar refractivity (Wildman–Crippen MR) is 86.5 cm³/mol. The lowest BCUT2D eigenvalue weighted by molar-refractivity contribution is -0.120. The molecule has 116 valence electrons. The fourth-order valence-electron chi connectivity index (χ4n) is 3.33. The third-order valence-corrected chi connectivity index (χ3v) is 4.70. The van der Waals surface area contributed by atoms with Gasteiger partial charge in [0.15, 0.2) is 0 Å². The number of primary amides is 1. The lowest BCUT2D eigenvalue weighted by Crippen LogP contribution is -2.42. The van der Waals surface area contributed by atoms with Gasteiger partial charge in [-0.3, -0.25) is 9.69 Å². The third kappa shape index (κ3) is 4.46. The summed E-state index contributed by atoms with van der Waals surface area (Å²) >= 11 is 0. The summed E-state index contributed by atoms with van der Waals surface area (Å²) < 4.78 is 0. The Labute approximate surface area is 127 Å². The van der Waals surface area contributed by atoms with Crippen molar-refractivity contribution < 1.29 is 4.79 Å². The Hall–Kier alpha value is -1.55. The van der Waals surface area contributed by atoms with Crippen molar-refractivity contribution in [1.82, 2.24) is 4.90 Å². The van der Waals surface area contributed by atoms with Crippen molar-refractivity contribution in [2.24, 2.45) is 11.7 Å². The van der Waals surface area contributed by atoms with Gasteiger partial charge in [-0.1, -0.05) is 31.5 Å². The lowest BCUT2D eigenvalue weighted by atomic mass is 9.84. The number of rotatable bonds is 6. The second-order valence-corrected chi connectivity index (χ2v) is 6.15. The van der Waals surface area contributed by atoms with Gasteiger partial charge in [-0.15, -0.1) is 0 Å². The van der Waals surface area contributed by atoms with Crippen LogP contribution in [0.5, 0.6) is 0 Å². The van der Waals surface area contributed by atoms with Gasteiger partial charge in [0, 0.05) is 18.3 Å². The number of carbonyl (C=O) groups is 1. The minimum absolute atomic E-state index is 0.262. The number of para-hydroxylation sites is 1. The van der Waals surface area contributed by atoms with E-state index in [1.54, 1.807) is 0 Å². The normalized spacial score (nSPS) is 22.4. The largest absolute Gasteiger partial charge is 0.398 e. The molecule has 0 bridgehead atoms. The van der Waals surface area contributed by atoms with E-state index in [0.29, 0.717) is 19.1 Å². The van der Waals surface area contributed by atoms with Crippen LogP contribution in [0.4, 0.5) is 5.69 Å². The first-order valence-electron chi connectivity index (χ1n) is 7.95. The molecule has 4 heteroatoms. The smallest absolute Gasteiger partial charge is 0.231 e. The van der Waals surface area contributed by atoms with E-state index in [1.165, 1.54) is 19.3 Å². The van der Waals surface area contributed by atoms with Crippen molar-refractivity contribution in [2.45, 2.75) is 51.6 Å². The number of nitrogen functional groups attached to an aromatic ring is 1. The van der Waals surface area contributed by atoms with Gasteiger partial charge < -0.3 is 11.5 Å². The van der Waals surface area contributed by atoms with E-state index in [0.717, 1.165) is 30.0 Å². The highest BCUT2D eigenvalue weighted by molar-refractivity contribution is 5.76. The zero-order valence-corrected chi connectivity index (χ0v) is 12.9. The second kappa shape index (κ2) is 7.46. The van der Waals surface area contributed by atoms with E-state index in [4.69, 9.17) is 11.5 Å². The molecule has 4 N–H and O–H groups in total. The Balaban J connectivity index is 2.04. The Kier molecular flexibility index (Phi) is 5.62. The van der Waals surface area contributed by atoms with Crippen molar-refractivity contribution in [3.63, 3.8) is 0 Å². The predicted octanol–water partition coefficient (Wildman–Crippen LogP) is 2.52. The fourth-order valence-corrected chi connectivity index (χ4v) is 3.33. The molecule has 0 atom stereocenters. The van der Waals surface area contributed by atoms with Crippen LogP contribution in [0.3, 0.4) is 0 Å². The highest BCUT2D eigenvalue weighted by atomic mass is 16.1. The summed E-state index contributed by atoms with van der Waals surface area (Å²) in [5.74, 6) is 0.584. The monoisotopic (exact) mass is 289 g/mol. The Morgan fingerprint density at radius 3 is 2.48 bits per heavy atom. The number of amides is 1. The van der Waals surface area contributed by atoms with Gasteiger partial charge >= 0.3 is 0 Å². The summed E-state index contributed by atoms with van der Waals surface area (Å²) in [6.45, 7) is 3.28. The standard InChI is InChI=1S/C17H27N3O/c1-2-13-7-9-15(10-8-13)20(12-17(19)21)11-14-5-3-4-6-16(14)18/h3-6,13,15H,2,7-12,18H2,1H3,(H2,19,21). The maximum absolute atomic E-state index is 11.4. The average Bonchev–Trinajstić information content (AvgIpc) is 2.48. The molecule has 1 aliphatic carbocycles. The molecule has 2 rings (SSSR count). The molecule has 0 heterocycles. The van der Waals surface area contributed by atoms with E-state index < -0.39 is 0 Å². The van der Waals surface area contributed by atoms with Gasteiger partial charge in [-0.25, -0.2) is 0 Å². The SMILES string of the molecule is CCC1CCC(N(CC(N)=O)Cc2ccccc2N)CC1. The van der Waals surface area contributed by atoms with Gasteiger partial charge in [0.25, 0.3) is 0 Å².